The first-order valence-electron chi connectivity index (χ1n) is 6.39. The van der Waals surface area contributed by atoms with Crippen molar-refractivity contribution < 1.29 is 4.74 Å². The number of rotatable bonds is 5. The molecule has 0 atom stereocenters. The van der Waals surface area contributed by atoms with Gasteiger partial charge in [-0.15, -0.1) is 0 Å². The highest BCUT2D eigenvalue weighted by atomic mass is 35.5. The van der Waals surface area contributed by atoms with Gasteiger partial charge in [0.25, 0.3) is 0 Å². The number of halogens is 1. The van der Waals surface area contributed by atoms with E-state index in [0.29, 0.717) is 17.6 Å². The van der Waals surface area contributed by atoms with Crippen LogP contribution in [0, 0.1) is 6.92 Å². The highest BCUT2D eigenvalue weighted by molar-refractivity contribution is 6.30. The van der Waals surface area contributed by atoms with Crippen molar-refractivity contribution in [2.75, 3.05) is 12.4 Å². The van der Waals surface area contributed by atoms with Crippen LogP contribution in [0.5, 0.6) is 5.88 Å². The molecular formula is C14H17ClN4O. The van der Waals surface area contributed by atoms with Crippen LogP contribution >= 0.6 is 11.6 Å². The largest absolute Gasteiger partial charge is 0.481 e. The summed E-state index contributed by atoms with van der Waals surface area (Å²) in [5.74, 6) is 2.09. The van der Waals surface area contributed by atoms with Crippen molar-refractivity contribution in [2.45, 2.75) is 26.8 Å². The predicted octanol–water partition coefficient (Wildman–Crippen LogP) is 3.02. The van der Waals surface area contributed by atoms with Crippen molar-refractivity contribution in [3.63, 3.8) is 0 Å². The van der Waals surface area contributed by atoms with Crippen LogP contribution in [0.2, 0.25) is 5.15 Å². The summed E-state index contributed by atoms with van der Waals surface area (Å²) in [5, 5.41) is 3.76. The van der Waals surface area contributed by atoms with E-state index in [2.05, 4.69) is 20.3 Å². The number of hydrogen-bond donors (Lipinski definition) is 1. The summed E-state index contributed by atoms with van der Waals surface area (Å²) in [4.78, 5) is 12.8. The molecule has 0 unspecified atom stereocenters. The van der Waals surface area contributed by atoms with Gasteiger partial charge in [-0.05, 0) is 12.5 Å². The van der Waals surface area contributed by atoms with E-state index in [1.807, 2.05) is 26.0 Å². The van der Waals surface area contributed by atoms with Gasteiger partial charge in [-0.1, -0.05) is 24.6 Å². The summed E-state index contributed by atoms with van der Waals surface area (Å²) < 4.78 is 5.03. The Bertz CT molecular complexity index is 586. The van der Waals surface area contributed by atoms with Gasteiger partial charge < -0.3 is 10.1 Å². The number of pyridine rings is 1. The molecule has 6 heteroatoms. The van der Waals surface area contributed by atoms with Crippen molar-refractivity contribution >= 4 is 17.4 Å². The molecular weight excluding hydrogens is 276 g/mol. The van der Waals surface area contributed by atoms with Crippen LogP contribution in [0.3, 0.4) is 0 Å². The molecule has 0 aliphatic carbocycles. The molecule has 1 N–H and O–H groups in total. The molecule has 0 saturated heterocycles. The number of methoxy groups -OCH3 is 1. The lowest BCUT2D eigenvalue weighted by molar-refractivity contribution is 0.397. The fourth-order valence-corrected chi connectivity index (χ4v) is 1.87. The van der Waals surface area contributed by atoms with E-state index in [1.165, 1.54) is 0 Å². The molecule has 0 aromatic carbocycles. The number of ether oxygens (including phenoxy) is 1. The molecule has 20 heavy (non-hydrogen) atoms. The van der Waals surface area contributed by atoms with Crippen LogP contribution in [0.15, 0.2) is 18.3 Å². The first kappa shape index (κ1) is 14.5. The van der Waals surface area contributed by atoms with E-state index < -0.39 is 0 Å². The molecule has 2 heterocycles. The van der Waals surface area contributed by atoms with E-state index in [9.17, 15) is 0 Å². The zero-order chi connectivity index (χ0) is 14.5. The molecule has 106 valence electrons. The van der Waals surface area contributed by atoms with Gasteiger partial charge in [0.15, 0.2) is 0 Å². The van der Waals surface area contributed by atoms with Gasteiger partial charge in [0.2, 0.25) is 5.88 Å². The fourth-order valence-electron chi connectivity index (χ4n) is 1.69. The highest BCUT2D eigenvalue weighted by Crippen LogP contribution is 2.20. The molecule has 0 aliphatic rings. The summed E-state index contributed by atoms with van der Waals surface area (Å²) in [7, 11) is 1.60. The molecule has 2 aromatic heterocycles. The zero-order valence-electron chi connectivity index (χ0n) is 11.8. The van der Waals surface area contributed by atoms with Gasteiger partial charge in [0.1, 0.15) is 16.8 Å². The first-order valence-corrected chi connectivity index (χ1v) is 6.77. The third-order valence-electron chi connectivity index (χ3n) is 2.92. The summed E-state index contributed by atoms with van der Waals surface area (Å²) >= 11 is 6.10. The second-order valence-electron chi connectivity index (χ2n) is 4.32. The van der Waals surface area contributed by atoms with E-state index in [1.54, 1.807) is 13.3 Å². The van der Waals surface area contributed by atoms with Crippen LogP contribution < -0.4 is 10.1 Å². The van der Waals surface area contributed by atoms with Crippen LogP contribution in [0.1, 0.15) is 23.9 Å². The molecule has 0 saturated carbocycles. The Hall–Kier alpha value is -1.88. The molecule has 0 amide bonds. The summed E-state index contributed by atoms with van der Waals surface area (Å²) in [6.45, 7) is 4.52. The number of nitrogens with zero attached hydrogens (tertiary/aromatic N) is 3. The normalized spacial score (nSPS) is 10.4. The Balaban J connectivity index is 2.11. The van der Waals surface area contributed by atoms with Crippen LogP contribution in [-0.4, -0.2) is 22.1 Å². The lowest BCUT2D eigenvalue weighted by atomic mass is 10.2. The third kappa shape index (κ3) is 3.36. The third-order valence-corrected chi connectivity index (χ3v) is 3.28. The van der Waals surface area contributed by atoms with Gasteiger partial charge in [0.05, 0.1) is 7.11 Å². The Morgan fingerprint density at radius 3 is 2.70 bits per heavy atom. The fraction of sp³-hybridized carbons (Fsp3) is 0.357. The van der Waals surface area contributed by atoms with Gasteiger partial charge in [-0.25, -0.2) is 15.0 Å². The standard InChI is InChI=1S/C14H17ClN4O/c1-4-11-18-13(15)9(2)14(19-11)17-8-10-5-6-12(20-3)16-7-10/h5-7H,4,8H2,1-3H3,(H,17,18,19). The van der Waals surface area contributed by atoms with Crippen molar-refractivity contribution in [3.8, 4) is 5.88 Å². The first-order chi connectivity index (χ1) is 9.63. The predicted molar refractivity (Wildman–Crippen MR) is 79.3 cm³/mol. The number of aromatic nitrogens is 3. The molecule has 0 aliphatic heterocycles. The molecule has 2 rings (SSSR count). The summed E-state index contributed by atoms with van der Waals surface area (Å²) in [6, 6.07) is 3.78. The van der Waals surface area contributed by atoms with Crippen molar-refractivity contribution in [1.29, 1.82) is 0 Å². The maximum absolute atomic E-state index is 6.10. The average Bonchev–Trinajstić information content (AvgIpc) is 2.49. The molecule has 5 nitrogen and oxygen atoms in total. The monoisotopic (exact) mass is 292 g/mol. The average molecular weight is 293 g/mol. The van der Waals surface area contributed by atoms with Gasteiger partial charge in [-0.3, -0.25) is 0 Å². The minimum atomic E-state index is 0.493. The zero-order valence-corrected chi connectivity index (χ0v) is 12.5. The summed E-state index contributed by atoms with van der Waals surface area (Å²) in [6.07, 6.45) is 2.52. The number of nitrogens with one attached hydrogen (secondary N) is 1. The van der Waals surface area contributed by atoms with E-state index >= 15 is 0 Å². The van der Waals surface area contributed by atoms with Crippen LogP contribution in [0.25, 0.3) is 0 Å². The molecule has 2 aromatic rings. The number of aryl methyl sites for hydroxylation is 1. The summed E-state index contributed by atoms with van der Waals surface area (Å²) in [5.41, 5.74) is 1.89. The van der Waals surface area contributed by atoms with Gasteiger partial charge in [-0.2, -0.15) is 0 Å². The lowest BCUT2D eigenvalue weighted by Gasteiger charge is -2.11. The highest BCUT2D eigenvalue weighted by Gasteiger charge is 2.08. The molecule has 0 radical (unpaired) electrons. The smallest absolute Gasteiger partial charge is 0.212 e. The molecule has 0 fully saturated rings. The van der Waals surface area contributed by atoms with Crippen LogP contribution in [-0.2, 0) is 13.0 Å². The van der Waals surface area contributed by atoms with Crippen molar-refractivity contribution in [2.24, 2.45) is 0 Å². The molecule has 0 bridgehead atoms. The topological polar surface area (TPSA) is 59.9 Å². The Labute approximate surface area is 123 Å². The Morgan fingerprint density at radius 2 is 2.10 bits per heavy atom. The lowest BCUT2D eigenvalue weighted by Crippen LogP contribution is -2.07. The number of hydrogen-bond acceptors (Lipinski definition) is 5. The maximum atomic E-state index is 6.10. The quantitative estimate of drug-likeness (QED) is 0.859. The van der Waals surface area contributed by atoms with E-state index in [4.69, 9.17) is 16.3 Å². The van der Waals surface area contributed by atoms with Crippen molar-refractivity contribution in [3.05, 3.63) is 40.4 Å². The van der Waals surface area contributed by atoms with E-state index in [0.717, 1.165) is 29.2 Å². The van der Waals surface area contributed by atoms with Crippen LogP contribution in [0.4, 0.5) is 5.82 Å². The second-order valence-corrected chi connectivity index (χ2v) is 4.68. The minimum absolute atomic E-state index is 0.493. The number of anilines is 1. The van der Waals surface area contributed by atoms with Crippen molar-refractivity contribution in [1.82, 2.24) is 15.0 Å². The van der Waals surface area contributed by atoms with Gasteiger partial charge in [0, 0.05) is 30.8 Å². The SMILES string of the molecule is CCc1nc(Cl)c(C)c(NCc2ccc(OC)nc2)n1. The van der Waals surface area contributed by atoms with E-state index in [-0.39, 0.29) is 0 Å². The second kappa shape index (κ2) is 6.52. The Morgan fingerprint density at radius 1 is 1.30 bits per heavy atom. The Kier molecular flexibility index (Phi) is 4.74. The molecule has 0 spiro atoms. The van der Waals surface area contributed by atoms with Gasteiger partial charge >= 0.3 is 0 Å². The minimum Gasteiger partial charge on any atom is -0.481 e. The maximum Gasteiger partial charge on any atom is 0.212 e.